The minimum atomic E-state index is -1.83. The van der Waals surface area contributed by atoms with Crippen LogP contribution in [0.5, 0.6) is 11.5 Å². The van der Waals surface area contributed by atoms with Gasteiger partial charge in [0.05, 0.1) is 0 Å². The highest BCUT2D eigenvalue weighted by Crippen LogP contribution is 2.28. The van der Waals surface area contributed by atoms with Crippen LogP contribution in [0.3, 0.4) is 0 Å². The Balaban J connectivity index is 0.000000423. The molecule has 5 nitrogen and oxygen atoms in total. The molecular weight excluding hydrogens is 200 g/mol. The van der Waals surface area contributed by atoms with Crippen LogP contribution in [0.1, 0.15) is 18.9 Å². The van der Waals surface area contributed by atoms with Crippen molar-refractivity contribution in [3.8, 4) is 11.5 Å². The van der Waals surface area contributed by atoms with E-state index in [1.807, 2.05) is 13.0 Å². The predicted octanol–water partition coefficient (Wildman–Crippen LogP) is 2.27. The zero-order chi connectivity index (χ0) is 11.8. The molecule has 15 heavy (non-hydrogen) atoms. The molecule has 0 bridgehead atoms. The standard InChI is InChI=1S/C9H12O2.CH2O3/c1-2-4-7-5-3-6-8(10)9(7)11;2-1(3)4/h3,5-6,10-11H,2,4H2,1H3;(H2,2,3,4). The van der Waals surface area contributed by atoms with E-state index in [2.05, 4.69) is 0 Å². The Labute approximate surface area is 87.2 Å². The van der Waals surface area contributed by atoms with Gasteiger partial charge in [-0.05, 0) is 18.1 Å². The zero-order valence-corrected chi connectivity index (χ0v) is 8.34. The van der Waals surface area contributed by atoms with Crippen molar-refractivity contribution in [2.24, 2.45) is 0 Å². The van der Waals surface area contributed by atoms with E-state index < -0.39 is 6.16 Å². The van der Waals surface area contributed by atoms with Crippen LogP contribution in [0.4, 0.5) is 4.79 Å². The van der Waals surface area contributed by atoms with E-state index in [1.54, 1.807) is 6.07 Å². The summed E-state index contributed by atoms with van der Waals surface area (Å²) in [6, 6.07) is 5.03. The first kappa shape index (κ1) is 13.1. The minimum Gasteiger partial charge on any atom is -0.504 e. The van der Waals surface area contributed by atoms with Crippen molar-refractivity contribution in [3.63, 3.8) is 0 Å². The average Bonchev–Trinajstić information content (AvgIpc) is 2.12. The number of phenols is 2. The first-order valence-corrected chi connectivity index (χ1v) is 4.40. The van der Waals surface area contributed by atoms with Crippen LogP contribution in [0, 0.1) is 0 Å². The number of hydrogen-bond donors (Lipinski definition) is 4. The van der Waals surface area contributed by atoms with Crippen molar-refractivity contribution < 1.29 is 25.2 Å². The van der Waals surface area contributed by atoms with Gasteiger partial charge in [0, 0.05) is 0 Å². The molecule has 0 aromatic heterocycles. The van der Waals surface area contributed by atoms with Crippen LogP contribution >= 0.6 is 0 Å². The van der Waals surface area contributed by atoms with E-state index in [4.69, 9.17) is 20.1 Å². The smallest absolute Gasteiger partial charge is 0.503 e. The largest absolute Gasteiger partial charge is 0.504 e. The Hall–Kier alpha value is -1.91. The van der Waals surface area contributed by atoms with Crippen molar-refractivity contribution in [2.75, 3.05) is 0 Å². The van der Waals surface area contributed by atoms with E-state index in [0.717, 1.165) is 18.4 Å². The second-order valence-corrected chi connectivity index (χ2v) is 2.82. The summed E-state index contributed by atoms with van der Waals surface area (Å²) in [5.74, 6) is -0.00898. The van der Waals surface area contributed by atoms with E-state index in [9.17, 15) is 5.11 Å². The average molecular weight is 214 g/mol. The molecule has 0 atom stereocenters. The van der Waals surface area contributed by atoms with Crippen LogP contribution in [-0.2, 0) is 6.42 Å². The molecule has 4 N–H and O–H groups in total. The number of carboxylic acid groups (broad SMARTS) is 2. The Morgan fingerprint density at radius 2 is 1.80 bits per heavy atom. The highest BCUT2D eigenvalue weighted by atomic mass is 16.6. The van der Waals surface area contributed by atoms with Gasteiger partial charge in [0.1, 0.15) is 0 Å². The monoisotopic (exact) mass is 214 g/mol. The first-order valence-electron chi connectivity index (χ1n) is 4.40. The number of rotatable bonds is 2. The summed E-state index contributed by atoms with van der Waals surface area (Å²) in [4.78, 5) is 8.56. The number of para-hydroxylation sites is 1. The minimum absolute atomic E-state index is 0.0225. The quantitative estimate of drug-likeness (QED) is 0.566. The van der Waals surface area contributed by atoms with Gasteiger partial charge in [-0.25, -0.2) is 4.79 Å². The second kappa shape index (κ2) is 6.53. The highest BCUT2D eigenvalue weighted by Gasteiger charge is 2.02. The van der Waals surface area contributed by atoms with Crippen molar-refractivity contribution in [1.82, 2.24) is 0 Å². The lowest BCUT2D eigenvalue weighted by Crippen LogP contribution is -1.83. The third-order valence-corrected chi connectivity index (χ3v) is 1.62. The van der Waals surface area contributed by atoms with Crippen LogP contribution in [-0.4, -0.2) is 26.6 Å². The van der Waals surface area contributed by atoms with Crippen molar-refractivity contribution >= 4 is 6.16 Å². The fourth-order valence-corrected chi connectivity index (χ4v) is 1.05. The lowest BCUT2D eigenvalue weighted by atomic mass is 10.1. The third-order valence-electron chi connectivity index (χ3n) is 1.62. The molecule has 0 aliphatic carbocycles. The molecule has 0 saturated carbocycles. The van der Waals surface area contributed by atoms with Gasteiger partial charge >= 0.3 is 6.16 Å². The highest BCUT2D eigenvalue weighted by molar-refractivity contribution is 5.53. The van der Waals surface area contributed by atoms with Gasteiger partial charge < -0.3 is 20.4 Å². The molecule has 5 heteroatoms. The summed E-state index contributed by atoms with van der Waals surface area (Å²) in [5, 5.41) is 32.3. The fraction of sp³-hybridized carbons (Fsp3) is 0.300. The van der Waals surface area contributed by atoms with E-state index >= 15 is 0 Å². The van der Waals surface area contributed by atoms with Crippen LogP contribution in [0.2, 0.25) is 0 Å². The van der Waals surface area contributed by atoms with Crippen LogP contribution in [0.25, 0.3) is 0 Å². The normalized spacial score (nSPS) is 8.87. The summed E-state index contributed by atoms with van der Waals surface area (Å²) in [5.41, 5.74) is 0.813. The Bertz CT molecular complexity index is 318. The van der Waals surface area contributed by atoms with Gasteiger partial charge in [-0.3, -0.25) is 0 Å². The molecule has 1 rings (SSSR count). The fourth-order valence-electron chi connectivity index (χ4n) is 1.05. The maximum absolute atomic E-state index is 9.28. The number of phenolic OH excluding ortho intramolecular Hbond substituents is 2. The molecule has 0 amide bonds. The van der Waals surface area contributed by atoms with Gasteiger partial charge in [0.2, 0.25) is 0 Å². The maximum Gasteiger partial charge on any atom is 0.503 e. The number of aryl methyl sites for hydroxylation is 1. The van der Waals surface area contributed by atoms with Crippen LogP contribution in [0.15, 0.2) is 18.2 Å². The molecule has 0 spiro atoms. The number of hydrogen-bond acceptors (Lipinski definition) is 3. The lowest BCUT2D eigenvalue weighted by molar-refractivity contribution is 0.137. The molecule has 0 radical (unpaired) electrons. The number of benzene rings is 1. The number of aromatic hydroxyl groups is 2. The lowest BCUT2D eigenvalue weighted by Gasteiger charge is -2.03. The molecular formula is C10H14O5. The van der Waals surface area contributed by atoms with Gasteiger partial charge in [0.15, 0.2) is 11.5 Å². The molecule has 0 saturated heterocycles. The van der Waals surface area contributed by atoms with Crippen LogP contribution < -0.4 is 0 Å². The van der Waals surface area contributed by atoms with E-state index in [0.29, 0.717) is 0 Å². The third kappa shape index (κ3) is 5.41. The first-order chi connectivity index (χ1) is 6.99. The Morgan fingerprint density at radius 1 is 1.27 bits per heavy atom. The molecule has 0 unspecified atom stereocenters. The summed E-state index contributed by atoms with van der Waals surface area (Å²) < 4.78 is 0. The SMILES string of the molecule is CCCc1cccc(O)c1O.O=C(O)O. The summed E-state index contributed by atoms with van der Waals surface area (Å²) in [6.07, 6.45) is -0.0583. The molecule has 0 fully saturated rings. The van der Waals surface area contributed by atoms with E-state index in [1.165, 1.54) is 6.07 Å². The van der Waals surface area contributed by atoms with Crippen molar-refractivity contribution in [2.45, 2.75) is 19.8 Å². The molecule has 0 aliphatic heterocycles. The van der Waals surface area contributed by atoms with E-state index in [-0.39, 0.29) is 11.5 Å². The van der Waals surface area contributed by atoms with Gasteiger partial charge in [0.25, 0.3) is 0 Å². The van der Waals surface area contributed by atoms with Gasteiger partial charge in [-0.2, -0.15) is 0 Å². The maximum atomic E-state index is 9.28. The topological polar surface area (TPSA) is 98.0 Å². The summed E-state index contributed by atoms with van der Waals surface area (Å²) in [6.45, 7) is 2.03. The Morgan fingerprint density at radius 3 is 2.27 bits per heavy atom. The Kier molecular flexibility index (Phi) is 5.70. The predicted molar refractivity (Wildman–Crippen MR) is 54.4 cm³/mol. The van der Waals surface area contributed by atoms with Gasteiger partial charge in [-0.1, -0.05) is 25.5 Å². The number of carbonyl (C=O) groups is 1. The summed E-state index contributed by atoms with van der Waals surface area (Å²) in [7, 11) is 0. The molecule has 0 heterocycles. The second-order valence-electron chi connectivity index (χ2n) is 2.82. The van der Waals surface area contributed by atoms with Crippen molar-refractivity contribution in [3.05, 3.63) is 23.8 Å². The zero-order valence-electron chi connectivity index (χ0n) is 8.34. The molecule has 84 valence electrons. The molecule has 0 aliphatic rings. The molecule has 1 aromatic rings. The van der Waals surface area contributed by atoms with Crippen molar-refractivity contribution in [1.29, 1.82) is 0 Å². The van der Waals surface area contributed by atoms with Gasteiger partial charge in [-0.15, -0.1) is 0 Å². The summed E-state index contributed by atoms with van der Waals surface area (Å²) >= 11 is 0. The molecule has 1 aromatic carbocycles.